The van der Waals surface area contributed by atoms with E-state index in [1.54, 1.807) is 0 Å². The molecule has 0 aliphatic rings. The van der Waals surface area contributed by atoms with E-state index in [1.807, 2.05) is 6.92 Å². The van der Waals surface area contributed by atoms with Crippen LogP contribution in [-0.4, -0.2) is 10.2 Å². The minimum Gasteiger partial charge on any atom is -1.00 e. The molecular formula is C2H5Cl3Si-3. The van der Waals surface area contributed by atoms with E-state index in [1.165, 1.54) is 0 Å². The number of hydrogen-bond donors (Lipinski definition) is 0. The van der Waals surface area contributed by atoms with Gasteiger partial charge in [-0.2, -0.15) is 0 Å². The second-order valence-electron chi connectivity index (χ2n) is 0.354. The molecule has 0 bridgehead atoms. The van der Waals surface area contributed by atoms with Gasteiger partial charge in [-0.3, -0.25) is 0 Å². The smallest absolute Gasteiger partial charge is 0.0219 e. The van der Waals surface area contributed by atoms with Gasteiger partial charge >= 0.3 is 0 Å². The van der Waals surface area contributed by atoms with Crippen molar-refractivity contribution in [2.24, 2.45) is 0 Å². The third-order valence-electron chi connectivity index (χ3n) is 0. The summed E-state index contributed by atoms with van der Waals surface area (Å²) in [5, 5.41) is 0. The molecule has 41 valence electrons. The van der Waals surface area contributed by atoms with E-state index < -0.39 is 0 Å². The Morgan fingerprint density at radius 3 is 1.17 bits per heavy atom. The Morgan fingerprint density at radius 1 is 1.17 bits per heavy atom. The summed E-state index contributed by atoms with van der Waals surface area (Å²) < 4.78 is 0. The number of halogens is 3. The molecule has 0 saturated carbocycles. The van der Waals surface area contributed by atoms with Crippen LogP contribution in [0.15, 0.2) is 0 Å². The lowest BCUT2D eigenvalue weighted by Gasteiger charge is -1.46. The molecule has 0 aliphatic heterocycles. The van der Waals surface area contributed by atoms with Gasteiger partial charge in [0.05, 0.1) is 0 Å². The van der Waals surface area contributed by atoms with Gasteiger partial charge in [-0.1, -0.05) is 13.0 Å². The fourth-order valence-corrected chi connectivity index (χ4v) is 0. The summed E-state index contributed by atoms with van der Waals surface area (Å²) in [6, 6.07) is 1.06. The van der Waals surface area contributed by atoms with Crippen LogP contribution in [0.2, 0.25) is 6.04 Å². The van der Waals surface area contributed by atoms with Crippen molar-refractivity contribution in [3.63, 3.8) is 0 Å². The van der Waals surface area contributed by atoms with Gasteiger partial charge in [-0.25, -0.2) is 0 Å². The largest absolute Gasteiger partial charge is 1.00 e. The Bertz CT molecular complexity index is 8.75. The van der Waals surface area contributed by atoms with Crippen molar-refractivity contribution in [1.29, 1.82) is 0 Å². The van der Waals surface area contributed by atoms with Crippen molar-refractivity contribution in [3.8, 4) is 0 Å². The van der Waals surface area contributed by atoms with Crippen molar-refractivity contribution < 1.29 is 37.2 Å². The summed E-state index contributed by atoms with van der Waals surface area (Å²) >= 11 is 0. The van der Waals surface area contributed by atoms with E-state index in [-0.39, 0.29) is 37.2 Å². The zero-order chi connectivity index (χ0) is 2.71. The van der Waals surface area contributed by atoms with Crippen LogP contribution < -0.4 is 37.2 Å². The van der Waals surface area contributed by atoms with Crippen LogP contribution in [0, 0.1) is 0 Å². The summed E-state index contributed by atoms with van der Waals surface area (Å²) in [6.07, 6.45) is 0. The Labute approximate surface area is 60.7 Å². The van der Waals surface area contributed by atoms with Gasteiger partial charge in [0.2, 0.25) is 0 Å². The van der Waals surface area contributed by atoms with Crippen molar-refractivity contribution in [2.75, 3.05) is 0 Å². The van der Waals surface area contributed by atoms with Gasteiger partial charge in [0.15, 0.2) is 0 Å². The maximum atomic E-state index is 3.18. The summed E-state index contributed by atoms with van der Waals surface area (Å²) in [4.78, 5) is 0. The van der Waals surface area contributed by atoms with E-state index in [2.05, 4.69) is 10.2 Å². The topological polar surface area (TPSA) is 0 Å². The Kier molecular flexibility index (Phi) is 166. The van der Waals surface area contributed by atoms with Crippen LogP contribution in [0.3, 0.4) is 0 Å². The monoisotopic (exact) mass is 162 g/mol. The highest BCUT2D eigenvalue weighted by molar-refractivity contribution is 6.08. The molecule has 0 aromatic carbocycles. The Morgan fingerprint density at radius 2 is 1.17 bits per heavy atom. The molecule has 0 heterocycles. The van der Waals surface area contributed by atoms with E-state index in [0.717, 1.165) is 6.04 Å². The third kappa shape index (κ3) is 71.9. The van der Waals surface area contributed by atoms with Gasteiger partial charge < -0.3 is 37.2 Å². The molecule has 0 rings (SSSR count). The lowest BCUT2D eigenvalue weighted by molar-refractivity contribution is -0.00100. The molecule has 0 saturated heterocycles. The van der Waals surface area contributed by atoms with Gasteiger partial charge in [0.1, 0.15) is 0 Å². The van der Waals surface area contributed by atoms with Crippen LogP contribution in [0.5, 0.6) is 0 Å². The minimum atomic E-state index is 0. The standard InChI is InChI=1S/C2H5Si.3ClH/c1-2-3;;;/h2H2,1H3;3*1H/p-3. The van der Waals surface area contributed by atoms with Gasteiger partial charge in [0, 0.05) is 10.2 Å². The molecule has 0 spiro atoms. The van der Waals surface area contributed by atoms with Crippen molar-refractivity contribution >= 4 is 10.2 Å². The van der Waals surface area contributed by atoms with Gasteiger partial charge in [-0.15, -0.1) is 0 Å². The van der Waals surface area contributed by atoms with Gasteiger partial charge in [0.25, 0.3) is 0 Å². The van der Waals surface area contributed by atoms with Crippen LogP contribution >= 0.6 is 0 Å². The molecule has 0 aromatic rings. The highest BCUT2D eigenvalue weighted by atomic mass is 35.5. The predicted octanol–water partition coefficient (Wildman–Crippen LogP) is -8.39. The molecule has 0 nitrogen and oxygen atoms in total. The number of rotatable bonds is 0. The first-order valence-corrected chi connectivity index (χ1v) is 1.77. The van der Waals surface area contributed by atoms with Crippen molar-refractivity contribution in [2.45, 2.75) is 13.0 Å². The lowest BCUT2D eigenvalue weighted by atomic mass is 11.0. The molecule has 0 unspecified atom stereocenters. The summed E-state index contributed by atoms with van der Waals surface area (Å²) in [5.41, 5.74) is 0. The molecular weight excluding hydrogens is 158 g/mol. The molecule has 6 heavy (non-hydrogen) atoms. The molecule has 0 aromatic heterocycles. The van der Waals surface area contributed by atoms with Gasteiger partial charge in [-0.05, 0) is 0 Å². The third-order valence-corrected chi connectivity index (χ3v) is 0. The van der Waals surface area contributed by atoms with E-state index in [9.17, 15) is 0 Å². The SMILES string of the molecule is CC[Si].[Cl-].[Cl-].[Cl-]. The Hall–Kier alpha value is 1.09. The fourth-order valence-electron chi connectivity index (χ4n) is 0. The zero-order valence-corrected chi connectivity index (χ0v) is 6.61. The minimum absolute atomic E-state index is 0. The second kappa shape index (κ2) is 36.2. The maximum Gasteiger partial charge on any atom is 0.0219 e. The maximum absolute atomic E-state index is 3.18. The summed E-state index contributed by atoms with van der Waals surface area (Å²) in [5.74, 6) is 0. The normalized spacial score (nSPS) is 3.00. The first-order chi connectivity index (χ1) is 1.41. The highest BCUT2D eigenvalue weighted by Crippen LogP contribution is 1.49. The second-order valence-corrected chi connectivity index (χ2v) is 1.06. The quantitative estimate of drug-likeness (QED) is 0.311. The highest BCUT2D eigenvalue weighted by Gasteiger charge is 1.37. The van der Waals surface area contributed by atoms with E-state index in [4.69, 9.17) is 0 Å². The average Bonchev–Trinajstić information content (AvgIpc) is 0.918. The van der Waals surface area contributed by atoms with Crippen LogP contribution in [-0.2, 0) is 0 Å². The molecule has 0 N–H and O–H groups in total. The molecule has 0 aliphatic carbocycles. The predicted molar refractivity (Wildman–Crippen MR) is 16.2 cm³/mol. The fraction of sp³-hybridized carbons (Fsp3) is 1.00. The molecule has 3 radical (unpaired) electrons. The van der Waals surface area contributed by atoms with Crippen LogP contribution in [0.25, 0.3) is 0 Å². The van der Waals surface area contributed by atoms with Crippen LogP contribution in [0.4, 0.5) is 0 Å². The summed E-state index contributed by atoms with van der Waals surface area (Å²) in [6.45, 7) is 2.04. The van der Waals surface area contributed by atoms with E-state index >= 15 is 0 Å². The molecule has 4 heteroatoms. The van der Waals surface area contributed by atoms with E-state index in [0.29, 0.717) is 0 Å². The molecule has 0 atom stereocenters. The molecule has 0 fully saturated rings. The van der Waals surface area contributed by atoms with Crippen molar-refractivity contribution in [3.05, 3.63) is 0 Å². The average molecular weight is 164 g/mol. The van der Waals surface area contributed by atoms with Crippen molar-refractivity contribution in [1.82, 2.24) is 0 Å². The number of hydrogen-bond acceptors (Lipinski definition) is 0. The first-order valence-electron chi connectivity index (χ1n) is 1.06. The van der Waals surface area contributed by atoms with Crippen LogP contribution in [0.1, 0.15) is 6.92 Å². The Balaban J connectivity index is -0.00000000667. The first kappa shape index (κ1) is 27.6. The molecule has 0 amide bonds. The zero-order valence-electron chi connectivity index (χ0n) is 3.34. The lowest BCUT2D eigenvalue weighted by Crippen LogP contribution is -3.00. The summed E-state index contributed by atoms with van der Waals surface area (Å²) in [7, 11) is 3.18.